The predicted octanol–water partition coefficient (Wildman–Crippen LogP) is 5.75. The number of aliphatic hydroxyl groups is 1. The van der Waals surface area contributed by atoms with Gasteiger partial charge in [-0.15, -0.1) is 0 Å². The Morgan fingerprint density at radius 3 is 2.60 bits per heavy atom. The van der Waals surface area contributed by atoms with E-state index >= 15 is 0 Å². The predicted molar refractivity (Wildman–Crippen MR) is 120 cm³/mol. The first-order chi connectivity index (χ1) is 14.2. The molecule has 3 heteroatoms. The van der Waals surface area contributed by atoms with Crippen LogP contribution >= 0.6 is 0 Å². The number of hydrogen-bond acceptors (Lipinski definition) is 3. The minimum atomic E-state index is 0.141. The Balaban J connectivity index is 1.51. The third-order valence-electron chi connectivity index (χ3n) is 10.1. The van der Waals surface area contributed by atoms with Crippen molar-refractivity contribution in [2.45, 2.75) is 91.9 Å². The van der Waals surface area contributed by atoms with Gasteiger partial charge in [0, 0.05) is 25.4 Å². The van der Waals surface area contributed by atoms with Crippen LogP contribution in [0.3, 0.4) is 0 Å². The standard InChI is InChI=1S/C27H42O3/c1-17(16-28)6-5-7-18(2)23-15-24(30)25-21-9-8-19-14-20(29)10-12-26(19,3)22(21)11-13-27(23,25)4/h14,17-18,21-23,25,28H,5-13,15-16H2,1-4H3/t17?,18-,21-,22+,23-,25-,26+,27-/m1/s1. The van der Waals surface area contributed by atoms with E-state index in [0.717, 1.165) is 38.5 Å². The number of aliphatic hydroxyl groups excluding tert-OH is 1. The zero-order chi connectivity index (χ0) is 21.7. The molecule has 3 fully saturated rings. The van der Waals surface area contributed by atoms with Crippen LogP contribution < -0.4 is 0 Å². The number of rotatable bonds is 6. The second-order valence-electron chi connectivity index (χ2n) is 11.9. The van der Waals surface area contributed by atoms with E-state index in [1.807, 2.05) is 6.08 Å². The lowest BCUT2D eigenvalue weighted by atomic mass is 9.46. The van der Waals surface area contributed by atoms with Crippen LogP contribution in [0.25, 0.3) is 0 Å². The van der Waals surface area contributed by atoms with Gasteiger partial charge in [0.2, 0.25) is 0 Å². The molecule has 30 heavy (non-hydrogen) atoms. The molecule has 0 aliphatic heterocycles. The summed E-state index contributed by atoms with van der Waals surface area (Å²) in [5.74, 6) is 3.64. The molecule has 8 atom stereocenters. The van der Waals surface area contributed by atoms with Gasteiger partial charge in [-0.25, -0.2) is 0 Å². The lowest BCUT2D eigenvalue weighted by Gasteiger charge is -2.58. The van der Waals surface area contributed by atoms with E-state index in [1.165, 1.54) is 24.8 Å². The van der Waals surface area contributed by atoms with Crippen molar-refractivity contribution in [1.29, 1.82) is 0 Å². The minimum Gasteiger partial charge on any atom is -0.396 e. The Bertz CT molecular complexity index is 724. The smallest absolute Gasteiger partial charge is 0.155 e. The lowest BCUT2D eigenvalue weighted by Crippen LogP contribution is -2.52. The average Bonchev–Trinajstić information content (AvgIpc) is 2.99. The van der Waals surface area contributed by atoms with Gasteiger partial charge in [0.25, 0.3) is 0 Å². The molecule has 0 aromatic rings. The van der Waals surface area contributed by atoms with E-state index in [-0.39, 0.29) is 23.4 Å². The Labute approximate surface area is 183 Å². The zero-order valence-corrected chi connectivity index (χ0v) is 19.6. The highest BCUT2D eigenvalue weighted by molar-refractivity contribution is 5.91. The van der Waals surface area contributed by atoms with Crippen molar-refractivity contribution in [1.82, 2.24) is 0 Å². The molecule has 0 amide bonds. The van der Waals surface area contributed by atoms with E-state index < -0.39 is 0 Å². The van der Waals surface area contributed by atoms with E-state index in [0.29, 0.717) is 47.6 Å². The first-order valence-corrected chi connectivity index (χ1v) is 12.6. The second kappa shape index (κ2) is 8.19. The van der Waals surface area contributed by atoms with Crippen molar-refractivity contribution in [2.24, 2.45) is 46.3 Å². The average molecular weight is 415 g/mol. The van der Waals surface area contributed by atoms with Crippen LogP contribution in [-0.2, 0) is 9.59 Å². The molecule has 3 saturated carbocycles. The van der Waals surface area contributed by atoms with Crippen LogP contribution in [0.2, 0.25) is 0 Å². The molecule has 0 aromatic carbocycles. The first kappa shape index (κ1) is 22.2. The van der Waals surface area contributed by atoms with Gasteiger partial charge in [-0.2, -0.15) is 0 Å². The van der Waals surface area contributed by atoms with Gasteiger partial charge in [0.15, 0.2) is 5.78 Å². The number of fused-ring (bicyclic) bond motifs is 5. The number of carbonyl (C=O) groups excluding carboxylic acids is 2. The fraction of sp³-hybridized carbons (Fsp3) is 0.852. The van der Waals surface area contributed by atoms with E-state index in [2.05, 4.69) is 27.7 Å². The highest BCUT2D eigenvalue weighted by Gasteiger charge is 2.62. The summed E-state index contributed by atoms with van der Waals surface area (Å²) < 4.78 is 0. The molecule has 0 bridgehead atoms. The summed E-state index contributed by atoms with van der Waals surface area (Å²) in [5, 5.41) is 9.30. The SMILES string of the molecule is CC(CO)CCC[C@@H](C)[C@H]1CC(=O)[C@H]2[C@@H]3CCC4=CC(=O)CC[C@]4(C)[C@H]3CC[C@]12C. The van der Waals surface area contributed by atoms with Gasteiger partial charge in [-0.05, 0) is 85.0 Å². The number of allylic oxidation sites excluding steroid dienone is 1. The maximum atomic E-state index is 13.4. The number of ketones is 2. The molecule has 4 aliphatic carbocycles. The van der Waals surface area contributed by atoms with Crippen LogP contribution in [0.1, 0.15) is 91.9 Å². The quantitative estimate of drug-likeness (QED) is 0.602. The summed E-state index contributed by atoms with van der Waals surface area (Å²) in [4.78, 5) is 25.5. The number of Topliss-reactive ketones (excluding diaryl/α,β-unsaturated/α-hetero) is 1. The topological polar surface area (TPSA) is 54.4 Å². The molecule has 0 spiro atoms. The molecular weight excluding hydrogens is 372 g/mol. The van der Waals surface area contributed by atoms with Gasteiger partial charge in [-0.3, -0.25) is 9.59 Å². The summed E-state index contributed by atoms with van der Waals surface area (Å²) in [6.45, 7) is 9.60. The van der Waals surface area contributed by atoms with Gasteiger partial charge in [0.05, 0.1) is 0 Å². The minimum absolute atomic E-state index is 0.141. The maximum absolute atomic E-state index is 13.4. The van der Waals surface area contributed by atoms with Crippen molar-refractivity contribution < 1.29 is 14.7 Å². The zero-order valence-electron chi connectivity index (χ0n) is 19.6. The molecule has 3 nitrogen and oxygen atoms in total. The molecule has 0 aromatic heterocycles. The molecule has 1 unspecified atom stereocenters. The molecule has 0 radical (unpaired) electrons. The van der Waals surface area contributed by atoms with Crippen LogP contribution in [-0.4, -0.2) is 23.3 Å². The summed E-state index contributed by atoms with van der Waals surface area (Å²) in [7, 11) is 0. The normalized spacial score (nSPS) is 42.8. The lowest BCUT2D eigenvalue weighted by molar-refractivity contribution is -0.132. The van der Waals surface area contributed by atoms with Crippen LogP contribution in [0, 0.1) is 46.3 Å². The molecule has 4 rings (SSSR count). The van der Waals surface area contributed by atoms with Crippen molar-refractivity contribution in [3.8, 4) is 0 Å². The summed E-state index contributed by atoms with van der Waals surface area (Å²) in [6.07, 6.45) is 12.3. The summed E-state index contributed by atoms with van der Waals surface area (Å²) in [6, 6.07) is 0. The third kappa shape index (κ3) is 3.53. The molecular formula is C27H42O3. The fourth-order valence-corrected chi connectivity index (χ4v) is 8.33. The van der Waals surface area contributed by atoms with Crippen molar-refractivity contribution >= 4 is 11.6 Å². The molecule has 0 heterocycles. The van der Waals surface area contributed by atoms with Crippen molar-refractivity contribution in [3.63, 3.8) is 0 Å². The Morgan fingerprint density at radius 1 is 1.10 bits per heavy atom. The third-order valence-corrected chi connectivity index (χ3v) is 10.1. The Hall–Kier alpha value is -0.960. The molecule has 168 valence electrons. The van der Waals surface area contributed by atoms with E-state index in [9.17, 15) is 14.7 Å². The maximum Gasteiger partial charge on any atom is 0.155 e. The van der Waals surface area contributed by atoms with Crippen LogP contribution in [0.4, 0.5) is 0 Å². The van der Waals surface area contributed by atoms with Crippen molar-refractivity contribution in [2.75, 3.05) is 6.61 Å². The van der Waals surface area contributed by atoms with Crippen LogP contribution in [0.15, 0.2) is 11.6 Å². The van der Waals surface area contributed by atoms with Crippen LogP contribution in [0.5, 0.6) is 0 Å². The number of carbonyl (C=O) groups is 2. The van der Waals surface area contributed by atoms with Gasteiger partial charge >= 0.3 is 0 Å². The van der Waals surface area contributed by atoms with Gasteiger partial charge in [-0.1, -0.05) is 46.1 Å². The monoisotopic (exact) mass is 414 g/mol. The van der Waals surface area contributed by atoms with Gasteiger partial charge < -0.3 is 5.11 Å². The first-order valence-electron chi connectivity index (χ1n) is 12.6. The van der Waals surface area contributed by atoms with E-state index in [4.69, 9.17) is 0 Å². The number of hydrogen-bond donors (Lipinski definition) is 1. The van der Waals surface area contributed by atoms with Gasteiger partial charge in [0.1, 0.15) is 5.78 Å². The Morgan fingerprint density at radius 2 is 1.87 bits per heavy atom. The highest BCUT2D eigenvalue weighted by Crippen LogP contribution is 2.66. The summed E-state index contributed by atoms with van der Waals surface area (Å²) >= 11 is 0. The molecule has 0 saturated heterocycles. The largest absolute Gasteiger partial charge is 0.396 e. The van der Waals surface area contributed by atoms with E-state index in [1.54, 1.807) is 0 Å². The van der Waals surface area contributed by atoms with Crippen molar-refractivity contribution in [3.05, 3.63) is 11.6 Å². The molecule has 4 aliphatic rings. The summed E-state index contributed by atoms with van der Waals surface area (Å²) in [5.41, 5.74) is 1.68. The Kier molecular flexibility index (Phi) is 6.07. The molecule has 1 N–H and O–H groups in total. The second-order valence-corrected chi connectivity index (χ2v) is 11.9. The highest BCUT2D eigenvalue weighted by atomic mass is 16.3. The fourth-order valence-electron chi connectivity index (χ4n) is 8.33.